The number of hydrogen-bond donors (Lipinski definition) is 2. The van der Waals surface area contributed by atoms with Gasteiger partial charge >= 0.3 is 5.69 Å². The quantitative estimate of drug-likeness (QED) is 0.444. The molecule has 1 aromatic carbocycles. The fourth-order valence-electron chi connectivity index (χ4n) is 3.18. The lowest BCUT2D eigenvalue weighted by Gasteiger charge is -2.07. The zero-order valence-corrected chi connectivity index (χ0v) is 17.7. The van der Waals surface area contributed by atoms with Gasteiger partial charge in [-0.25, -0.2) is 9.78 Å². The molecule has 0 spiro atoms. The first-order valence-corrected chi connectivity index (χ1v) is 9.72. The van der Waals surface area contributed by atoms with Crippen molar-refractivity contribution in [2.45, 2.75) is 6.42 Å². The van der Waals surface area contributed by atoms with Crippen molar-refractivity contribution in [2.75, 3.05) is 13.7 Å². The van der Waals surface area contributed by atoms with Crippen LogP contribution in [0.2, 0.25) is 0 Å². The predicted molar refractivity (Wildman–Crippen MR) is 114 cm³/mol. The van der Waals surface area contributed by atoms with Gasteiger partial charge in [0.2, 0.25) is 0 Å². The first-order chi connectivity index (χ1) is 15.4. The number of rotatable bonds is 7. The Labute approximate surface area is 181 Å². The fraction of sp³-hybridized carbons (Fsp3) is 0.238. The van der Waals surface area contributed by atoms with E-state index in [1.807, 2.05) is 6.07 Å². The van der Waals surface area contributed by atoms with Gasteiger partial charge in [-0.15, -0.1) is 0 Å². The van der Waals surface area contributed by atoms with E-state index in [-0.39, 0.29) is 29.4 Å². The van der Waals surface area contributed by atoms with Gasteiger partial charge in [-0.3, -0.25) is 18.7 Å². The normalized spacial score (nSPS) is 11.0. The summed E-state index contributed by atoms with van der Waals surface area (Å²) in [6.07, 6.45) is 0.322. The number of aryl methyl sites for hydroxylation is 1. The van der Waals surface area contributed by atoms with Gasteiger partial charge in [-0.05, 0) is 18.2 Å². The van der Waals surface area contributed by atoms with Crippen LogP contribution in [0.1, 0.15) is 16.4 Å². The van der Waals surface area contributed by atoms with Gasteiger partial charge in [0.15, 0.2) is 22.9 Å². The SMILES string of the molecule is COc1ccccc1Oc1ccc(C(=O)NCCc2nc3c([nH]2)c(=O)n(C)c(=O)n3C)o1. The number of carbonyl (C=O) groups is 1. The summed E-state index contributed by atoms with van der Waals surface area (Å²) in [5.41, 5.74) is -0.412. The number of aromatic amines is 1. The summed E-state index contributed by atoms with van der Waals surface area (Å²) >= 11 is 0. The van der Waals surface area contributed by atoms with E-state index in [1.165, 1.54) is 37.9 Å². The minimum Gasteiger partial charge on any atom is -0.493 e. The molecule has 0 fully saturated rings. The third-order valence-electron chi connectivity index (χ3n) is 4.88. The molecule has 0 bridgehead atoms. The van der Waals surface area contributed by atoms with Crippen LogP contribution in [0.3, 0.4) is 0 Å². The Morgan fingerprint density at radius 3 is 2.62 bits per heavy atom. The number of aromatic nitrogens is 4. The lowest BCUT2D eigenvalue weighted by atomic mass is 10.3. The highest BCUT2D eigenvalue weighted by Gasteiger charge is 2.15. The molecule has 4 aromatic rings. The van der Waals surface area contributed by atoms with Gasteiger partial charge in [0.05, 0.1) is 7.11 Å². The Balaban J connectivity index is 1.40. The summed E-state index contributed by atoms with van der Waals surface area (Å²) in [6.45, 7) is 0.232. The molecule has 0 aliphatic rings. The molecule has 0 aliphatic heterocycles. The van der Waals surface area contributed by atoms with Crippen molar-refractivity contribution in [3.8, 4) is 17.4 Å². The van der Waals surface area contributed by atoms with Crippen molar-refractivity contribution < 1.29 is 18.7 Å². The second kappa shape index (κ2) is 8.46. The van der Waals surface area contributed by atoms with E-state index in [1.54, 1.807) is 18.2 Å². The van der Waals surface area contributed by atoms with Crippen LogP contribution in [0, 0.1) is 0 Å². The lowest BCUT2D eigenvalue weighted by molar-refractivity contribution is 0.0921. The Morgan fingerprint density at radius 1 is 1.12 bits per heavy atom. The number of ether oxygens (including phenoxy) is 2. The Kier molecular flexibility index (Phi) is 5.54. The van der Waals surface area contributed by atoms with Crippen LogP contribution < -0.4 is 26.0 Å². The molecule has 3 heterocycles. The summed E-state index contributed by atoms with van der Waals surface area (Å²) in [6, 6.07) is 10.1. The van der Waals surface area contributed by atoms with Crippen molar-refractivity contribution in [3.63, 3.8) is 0 Å². The molecule has 0 saturated heterocycles. The Hall–Kier alpha value is -4.28. The standard InChI is InChI=1S/C21H21N5O6/c1-25-18-17(20(28)26(2)21(25)29)23-15(24-18)10-11-22-19(27)14-8-9-16(32-14)31-13-7-5-4-6-12(13)30-3/h4-9H,10-11H2,1-3H3,(H,22,27)(H,23,24). The number of methoxy groups -OCH3 is 1. The third kappa shape index (κ3) is 3.87. The molecule has 2 N–H and O–H groups in total. The maximum atomic E-state index is 12.4. The molecular formula is C21H21N5O6. The van der Waals surface area contributed by atoms with Crippen LogP contribution in [-0.4, -0.2) is 38.7 Å². The van der Waals surface area contributed by atoms with E-state index in [2.05, 4.69) is 15.3 Å². The number of amides is 1. The number of furan rings is 1. The van der Waals surface area contributed by atoms with Gasteiger partial charge in [0, 0.05) is 33.1 Å². The first-order valence-electron chi connectivity index (χ1n) is 9.72. The van der Waals surface area contributed by atoms with Crippen molar-refractivity contribution in [1.82, 2.24) is 24.4 Å². The average molecular weight is 439 g/mol. The number of hydrogen-bond acceptors (Lipinski definition) is 7. The molecule has 0 atom stereocenters. The number of para-hydroxylation sites is 2. The van der Waals surface area contributed by atoms with Crippen molar-refractivity contribution in [1.29, 1.82) is 0 Å². The van der Waals surface area contributed by atoms with E-state index < -0.39 is 17.2 Å². The number of H-pyrrole nitrogens is 1. The molecule has 11 nitrogen and oxygen atoms in total. The maximum Gasteiger partial charge on any atom is 0.332 e. The van der Waals surface area contributed by atoms with E-state index in [9.17, 15) is 14.4 Å². The molecule has 32 heavy (non-hydrogen) atoms. The topological polar surface area (TPSA) is 133 Å². The molecular weight excluding hydrogens is 418 g/mol. The van der Waals surface area contributed by atoms with Crippen LogP contribution in [0.15, 0.2) is 50.4 Å². The van der Waals surface area contributed by atoms with E-state index >= 15 is 0 Å². The van der Waals surface area contributed by atoms with Gasteiger partial charge in [-0.2, -0.15) is 0 Å². The molecule has 3 aromatic heterocycles. The number of imidazole rings is 1. The lowest BCUT2D eigenvalue weighted by Crippen LogP contribution is -2.36. The molecule has 0 unspecified atom stereocenters. The minimum absolute atomic E-state index is 0.0794. The van der Waals surface area contributed by atoms with E-state index in [4.69, 9.17) is 13.9 Å². The number of fused-ring (bicyclic) bond motifs is 1. The highest BCUT2D eigenvalue weighted by atomic mass is 16.6. The number of nitrogens with one attached hydrogen (secondary N) is 2. The molecule has 0 radical (unpaired) electrons. The number of benzene rings is 1. The van der Waals surface area contributed by atoms with Gasteiger partial charge in [0.1, 0.15) is 11.3 Å². The van der Waals surface area contributed by atoms with E-state index in [0.29, 0.717) is 23.7 Å². The number of carbonyl (C=O) groups excluding carboxylic acids is 1. The predicted octanol–water partition coefficient (Wildman–Crippen LogP) is 1.33. The second-order valence-electron chi connectivity index (χ2n) is 6.97. The smallest absolute Gasteiger partial charge is 0.332 e. The number of nitrogens with zero attached hydrogens (tertiary/aromatic N) is 3. The summed E-state index contributed by atoms with van der Waals surface area (Å²) in [5, 5.41) is 2.72. The summed E-state index contributed by atoms with van der Waals surface area (Å²) < 4.78 is 18.6. The molecule has 4 rings (SSSR count). The van der Waals surface area contributed by atoms with E-state index in [0.717, 1.165) is 4.57 Å². The fourth-order valence-corrected chi connectivity index (χ4v) is 3.18. The van der Waals surface area contributed by atoms with Crippen LogP contribution in [0.25, 0.3) is 11.2 Å². The molecule has 11 heteroatoms. The van der Waals surface area contributed by atoms with Gasteiger partial charge in [-0.1, -0.05) is 12.1 Å². The van der Waals surface area contributed by atoms with Crippen molar-refractivity contribution >= 4 is 17.1 Å². The first kappa shape index (κ1) is 21.0. The zero-order valence-electron chi connectivity index (χ0n) is 17.7. The Morgan fingerprint density at radius 2 is 1.88 bits per heavy atom. The average Bonchev–Trinajstić information content (AvgIpc) is 3.44. The molecule has 0 saturated carbocycles. The highest BCUT2D eigenvalue weighted by Crippen LogP contribution is 2.31. The van der Waals surface area contributed by atoms with Crippen molar-refractivity contribution in [3.05, 3.63) is 68.8 Å². The summed E-state index contributed by atoms with van der Waals surface area (Å²) in [5.74, 6) is 1.26. The largest absolute Gasteiger partial charge is 0.493 e. The Bertz CT molecular complexity index is 1410. The highest BCUT2D eigenvalue weighted by molar-refractivity contribution is 5.91. The zero-order chi connectivity index (χ0) is 22.8. The van der Waals surface area contributed by atoms with Gasteiger partial charge in [0.25, 0.3) is 17.4 Å². The maximum absolute atomic E-state index is 12.4. The van der Waals surface area contributed by atoms with Crippen LogP contribution in [0.5, 0.6) is 17.4 Å². The molecule has 166 valence electrons. The van der Waals surface area contributed by atoms with Crippen LogP contribution in [-0.2, 0) is 20.5 Å². The molecule has 1 amide bonds. The second-order valence-corrected chi connectivity index (χ2v) is 6.97. The van der Waals surface area contributed by atoms with Crippen molar-refractivity contribution in [2.24, 2.45) is 14.1 Å². The minimum atomic E-state index is -0.460. The van der Waals surface area contributed by atoms with Gasteiger partial charge < -0.3 is 24.2 Å². The summed E-state index contributed by atoms with van der Waals surface area (Å²) in [7, 11) is 4.47. The monoisotopic (exact) mass is 439 g/mol. The van der Waals surface area contributed by atoms with Crippen LogP contribution >= 0.6 is 0 Å². The van der Waals surface area contributed by atoms with Crippen LogP contribution in [0.4, 0.5) is 0 Å². The third-order valence-corrected chi connectivity index (χ3v) is 4.88. The summed E-state index contributed by atoms with van der Waals surface area (Å²) in [4.78, 5) is 43.8. The molecule has 0 aliphatic carbocycles.